The third kappa shape index (κ3) is 4.40. The van der Waals surface area contributed by atoms with E-state index in [4.69, 9.17) is 10.6 Å². The van der Waals surface area contributed by atoms with Gasteiger partial charge in [0.05, 0.1) is 11.6 Å². The van der Waals surface area contributed by atoms with E-state index in [1.165, 1.54) is 12.8 Å². The fourth-order valence-electron chi connectivity index (χ4n) is 2.40. The SMILES string of the molecule is CCC(CC)(OC)C(CCCC(C)C)NN. The minimum atomic E-state index is -0.105. The largest absolute Gasteiger partial charge is 0.377 e. The molecule has 0 bridgehead atoms. The lowest BCUT2D eigenvalue weighted by atomic mass is 9.85. The number of hydrogen-bond donors (Lipinski definition) is 2. The van der Waals surface area contributed by atoms with Crippen LogP contribution >= 0.6 is 0 Å². The average molecular weight is 230 g/mol. The molecular formula is C13H30N2O. The van der Waals surface area contributed by atoms with Crippen molar-refractivity contribution in [1.29, 1.82) is 0 Å². The van der Waals surface area contributed by atoms with Crippen LogP contribution in [0.1, 0.15) is 59.8 Å². The summed E-state index contributed by atoms with van der Waals surface area (Å²) in [5.74, 6) is 6.44. The van der Waals surface area contributed by atoms with Crippen molar-refractivity contribution in [2.45, 2.75) is 71.4 Å². The Morgan fingerprint density at radius 3 is 2.06 bits per heavy atom. The highest BCUT2D eigenvalue weighted by Crippen LogP contribution is 2.27. The monoisotopic (exact) mass is 230 g/mol. The van der Waals surface area contributed by atoms with Crippen LogP contribution in [-0.2, 0) is 4.74 Å². The van der Waals surface area contributed by atoms with E-state index in [9.17, 15) is 0 Å². The molecule has 1 unspecified atom stereocenters. The zero-order chi connectivity index (χ0) is 12.6. The molecule has 0 aromatic carbocycles. The Balaban J connectivity index is 4.32. The first kappa shape index (κ1) is 15.9. The van der Waals surface area contributed by atoms with Crippen molar-refractivity contribution in [3.05, 3.63) is 0 Å². The van der Waals surface area contributed by atoms with Gasteiger partial charge in [-0.25, -0.2) is 0 Å². The van der Waals surface area contributed by atoms with Crippen LogP contribution in [0.3, 0.4) is 0 Å². The number of rotatable bonds is 9. The third-order valence-corrected chi connectivity index (χ3v) is 3.71. The van der Waals surface area contributed by atoms with Crippen LogP contribution in [-0.4, -0.2) is 18.8 Å². The Hall–Kier alpha value is -0.120. The number of ether oxygens (including phenoxy) is 1. The van der Waals surface area contributed by atoms with Crippen molar-refractivity contribution in [2.24, 2.45) is 11.8 Å². The lowest BCUT2D eigenvalue weighted by Crippen LogP contribution is -2.54. The maximum Gasteiger partial charge on any atom is 0.0839 e. The van der Waals surface area contributed by atoms with Gasteiger partial charge in [-0.1, -0.05) is 40.5 Å². The predicted octanol–water partition coefficient (Wildman–Crippen LogP) is 2.85. The van der Waals surface area contributed by atoms with Crippen LogP contribution in [0.2, 0.25) is 0 Å². The molecule has 0 aliphatic heterocycles. The minimum absolute atomic E-state index is 0.105. The molecule has 0 aromatic heterocycles. The van der Waals surface area contributed by atoms with Crippen molar-refractivity contribution in [1.82, 2.24) is 5.43 Å². The molecule has 0 heterocycles. The second kappa shape index (κ2) is 8.04. The third-order valence-electron chi connectivity index (χ3n) is 3.71. The molecule has 3 heteroatoms. The average Bonchev–Trinajstić information content (AvgIpc) is 2.29. The number of hydrazine groups is 1. The standard InChI is InChI=1S/C13H30N2O/c1-6-13(7-2,16-5)12(15-14)10-8-9-11(3)4/h11-12,15H,6-10,14H2,1-5H3. The van der Waals surface area contributed by atoms with Crippen molar-refractivity contribution in [3.63, 3.8) is 0 Å². The zero-order valence-electron chi connectivity index (χ0n) is 11.7. The van der Waals surface area contributed by atoms with Crippen molar-refractivity contribution < 1.29 is 4.74 Å². The van der Waals surface area contributed by atoms with Crippen LogP contribution in [0.15, 0.2) is 0 Å². The molecule has 0 aliphatic carbocycles. The summed E-state index contributed by atoms with van der Waals surface area (Å²) in [4.78, 5) is 0. The molecule has 0 amide bonds. The zero-order valence-corrected chi connectivity index (χ0v) is 11.7. The molecule has 0 fully saturated rings. The van der Waals surface area contributed by atoms with E-state index in [0.29, 0.717) is 0 Å². The summed E-state index contributed by atoms with van der Waals surface area (Å²) in [5.41, 5.74) is 2.84. The molecule has 0 aromatic rings. The van der Waals surface area contributed by atoms with Gasteiger partial charge >= 0.3 is 0 Å². The van der Waals surface area contributed by atoms with Crippen molar-refractivity contribution >= 4 is 0 Å². The summed E-state index contributed by atoms with van der Waals surface area (Å²) in [6.45, 7) is 8.85. The van der Waals surface area contributed by atoms with E-state index in [1.807, 2.05) is 0 Å². The second-order valence-electron chi connectivity index (χ2n) is 5.02. The van der Waals surface area contributed by atoms with E-state index in [1.54, 1.807) is 7.11 Å². The fourth-order valence-corrected chi connectivity index (χ4v) is 2.40. The predicted molar refractivity (Wildman–Crippen MR) is 70.1 cm³/mol. The summed E-state index contributed by atoms with van der Waals surface area (Å²) >= 11 is 0. The van der Waals surface area contributed by atoms with Crippen LogP contribution in [0.25, 0.3) is 0 Å². The molecule has 0 aliphatic rings. The number of hydrogen-bond acceptors (Lipinski definition) is 3. The molecule has 0 rings (SSSR count). The molecular weight excluding hydrogens is 200 g/mol. The number of nitrogens with two attached hydrogens (primary N) is 1. The summed E-state index contributed by atoms with van der Waals surface area (Å²) < 4.78 is 5.70. The Bertz CT molecular complexity index is 159. The van der Waals surface area contributed by atoms with Gasteiger partial charge in [0.1, 0.15) is 0 Å². The van der Waals surface area contributed by atoms with Crippen LogP contribution < -0.4 is 11.3 Å². The van der Waals surface area contributed by atoms with Crippen LogP contribution in [0.4, 0.5) is 0 Å². The first-order valence-corrected chi connectivity index (χ1v) is 6.57. The van der Waals surface area contributed by atoms with Gasteiger partial charge in [-0.3, -0.25) is 11.3 Å². The second-order valence-corrected chi connectivity index (χ2v) is 5.02. The molecule has 98 valence electrons. The Morgan fingerprint density at radius 1 is 1.19 bits per heavy atom. The fraction of sp³-hybridized carbons (Fsp3) is 1.00. The van der Waals surface area contributed by atoms with E-state index in [0.717, 1.165) is 25.2 Å². The summed E-state index contributed by atoms with van der Waals surface area (Å²) in [6, 6.07) is 0.256. The molecule has 0 radical (unpaired) electrons. The van der Waals surface area contributed by atoms with E-state index >= 15 is 0 Å². The van der Waals surface area contributed by atoms with E-state index in [2.05, 4.69) is 33.1 Å². The minimum Gasteiger partial charge on any atom is -0.377 e. The van der Waals surface area contributed by atoms with Gasteiger partial charge < -0.3 is 4.74 Å². The van der Waals surface area contributed by atoms with Gasteiger partial charge in [0, 0.05) is 7.11 Å². The highest BCUT2D eigenvalue weighted by Gasteiger charge is 2.34. The molecule has 0 spiro atoms. The number of nitrogens with one attached hydrogen (secondary N) is 1. The topological polar surface area (TPSA) is 47.3 Å². The highest BCUT2D eigenvalue weighted by molar-refractivity contribution is 4.90. The molecule has 0 saturated heterocycles. The van der Waals surface area contributed by atoms with Gasteiger partial charge in [-0.05, 0) is 25.2 Å². The van der Waals surface area contributed by atoms with Crippen LogP contribution in [0.5, 0.6) is 0 Å². The first-order valence-electron chi connectivity index (χ1n) is 6.57. The summed E-state index contributed by atoms with van der Waals surface area (Å²) in [5, 5.41) is 0. The van der Waals surface area contributed by atoms with Gasteiger partial charge in [0.2, 0.25) is 0 Å². The first-order chi connectivity index (χ1) is 7.56. The van der Waals surface area contributed by atoms with Gasteiger partial charge in [-0.15, -0.1) is 0 Å². The van der Waals surface area contributed by atoms with Gasteiger partial charge in [0.15, 0.2) is 0 Å². The maximum absolute atomic E-state index is 5.70. The molecule has 0 saturated carbocycles. The maximum atomic E-state index is 5.70. The van der Waals surface area contributed by atoms with E-state index in [-0.39, 0.29) is 11.6 Å². The molecule has 16 heavy (non-hydrogen) atoms. The van der Waals surface area contributed by atoms with Crippen LogP contribution in [0, 0.1) is 5.92 Å². The highest BCUT2D eigenvalue weighted by atomic mass is 16.5. The quantitative estimate of drug-likeness (QED) is 0.473. The van der Waals surface area contributed by atoms with Crippen molar-refractivity contribution in [3.8, 4) is 0 Å². The lowest BCUT2D eigenvalue weighted by Gasteiger charge is -2.38. The van der Waals surface area contributed by atoms with E-state index < -0.39 is 0 Å². The van der Waals surface area contributed by atoms with Crippen molar-refractivity contribution in [2.75, 3.05) is 7.11 Å². The summed E-state index contributed by atoms with van der Waals surface area (Å²) in [6.07, 6.45) is 5.54. The summed E-state index contributed by atoms with van der Waals surface area (Å²) in [7, 11) is 1.79. The molecule has 3 nitrogen and oxygen atoms in total. The Labute approximate surface area is 101 Å². The van der Waals surface area contributed by atoms with Gasteiger partial charge in [0.25, 0.3) is 0 Å². The molecule has 1 atom stereocenters. The normalized spacial score (nSPS) is 14.4. The smallest absolute Gasteiger partial charge is 0.0839 e. The molecule has 3 N–H and O–H groups in total. The Kier molecular flexibility index (Phi) is 7.98. The Morgan fingerprint density at radius 2 is 1.75 bits per heavy atom. The lowest BCUT2D eigenvalue weighted by molar-refractivity contribution is -0.0501. The van der Waals surface area contributed by atoms with Gasteiger partial charge in [-0.2, -0.15) is 0 Å². The number of methoxy groups -OCH3 is 1.